The number of carboxylic acid groups (broad SMARTS) is 1. The summed E-state index contributed by atoms with van der Waals surface area (Å²) in [6.45, 7) is 0. The van der Waals surface area contributed by atoms with Crippen LogP contribution in [0.25, 0.3) is 0 Å². The van der Waals surface area contributed by atoms with Gasteiger partial charge in [-0.05, 0) is 12.1 Å². The van der Waals surface area contributed by atoms with Crippen LogP contribution in [0.15, 0.2) is 31.0 Å². The van der Waals surface area contributed by atoms with Crippen molar-refractivity contribution in [2.24, 2.45) is 0 Å². The monoisotopic (exact) mass is 218 g/mol. The van der Waals surface area contributed by atoms with Crippen LogP contribution in [0.2, 0.25) is 0 Å². The van der Waals surface area contributed by atoms with E-state index in [0.29, 0.717) is 0 Å². The molecule has 0 aliphatic rings. The van der Waals surface area contributed by atoms with Gasteiger partial charge in [0.25, 0.3) is 0 Å². The molecule has 7 nitrogen and oxygen atoms in total. The van der Waals surface area contributed by atoms with E-state index >= 15 is 0 Å². The summed E-state index contributed by atoms with van der Waals surface area (Å²) < 4.78 is 5.17. The van der Waals surface area contributed by atoms with Crippen molar-refractivity contribution < 1.29 is 14.6 Å². The Morgan fingerprint density at radius 2 is 2.00 bits per heavy atom. The minimum atomic E-state index is -1.18. The van der Waals surface area contributed by atoms with Gasteiger partial charge in [0.15, 0.2) is 11.4 Å². The lowest BCUT2D eigenvalue weighted by Crippen LogP contribution is -2.03. The number of hydrogen-bond acceptors (Lipinski definition) is 6. The first-order chi connectivity index (χ1) is 7.77. The Morgan fingerprint density at radius 1 is 1.25 bits per heavy atom. The summed E-state index contributed by atoms with van der Waals surface area (Å²) in [6.07, 6.45) is 3.86. The van der Waals surface area contributed by atoms with Crippen molar-refractivity contribution in [3.8, 4) is 11.8 Å². The predicted molar refractivity (Wildman–Crippen MR) is 51.1 cm³/mol. The highest BCUT2D eigenvalue weighted by atomic mass is 16.5. The summed E-state index contributed by atoms with van der Waals surface area (Å²) in [5, 5.41) is 8.85. The number of nitrogens with zero attached hydrogens (tertiary/aromatic N) is 4. The number of aromatic carboxylic acids is 1. The molecule has 2 rings (SSSR count). The zero-order valence-electron chi connectivity index (χ0n) is 7.94. The highest BCUT2D eigenvalue weighted by Gasteiger charge is 2.13. The molecule has 7 heteroatoms. The molecule has 0 unspecified atom stereocenters. The van der Waals surface area contributed by atoms with Gasteiger partial charge in [-0.1, -0.05) is 0 Å². The van der Waals surface area contributed by atoms with Gasteiger partial charge < -0.3 is 9.84 Å². The van der Waals surface area contributed by atoms with Gasteiger partial charge in [-0.3, -0.25) is 0 Å². The topological polar surface area (TPSA) is 98.1 Å². The molecule has 0 atom stereocenters. The first-order valence-corrected chi connectivity index (χ1v) is 4.25. The minimum absolute atomic E-state index is 0.0190. The van der Waals surface area contributed by atoms with Crippen LogP contribution in [0.3, 0.4) is 0 Å². The molecular formula is C9H6N4O3. The fourth-order valence-corrected chi connectivity index (χ4v) is 1.01. The smallest absolute Gasteiger partial charge is 0.358 e. The van der Waals surface area contributed by atoms with E-state index < -0.39 is 5.97 Å². The van der Waals surface area contributed by atoms with Gasteiger partial charge in [-0.2, -0.15) is 9.97 Å². The van der Waals surface area contributed by atoms with E-state index in [9.17, 15) is 4.79 Å². The molecule has 1 N–H and O–H groups in total. The van der Waals surface area contributed by atoms with Crippen molar-refractivity contribution >= 4 is 5.97 Å². The minimum Gasteiger partial charge on any atom is -0.476 e. The van der Waals surface area contributed by atoms with Gasteiger partial charge in [0.1, 0.15) is 12.7 Å². The number of carboxylic acids is 1. The second-order valence-electron chi connectivity index (χ2n) is 2.68. The first kappa shape index (κ1) is 9.97. The quantitative estimate of drug-likeness (QED) is 0.811. The van der Waals surface area contributed by atoms with Gasteiger partial charge in [0, 0.05) is 6.20 Å². The summed E-state index contributed by atoms with van der Waals surface area (Å²) >= 11 is 0. The van der Waals surface area contributed by atoms with E-state index in [0.717, 1.165) is 0 Å². The molecule has 0 aliphatic heterocycles. The number of ether oxygens (including phenoxy) is 1. The van der Waals surface area contributed by atoms with Crippen LogP contribution >= 0.6 is 0 Å². The highest BCUT2D eigenvalue weighted by Crippen LogP contribution is 2.19. The molecule has 0 aromatic carbocycles. The van der Waals surface area contributed by atoms with Crippen molar-refractivity contribution in [1.29, 1.82) is 0 Å². The maximum Gasteiger partial charge on any atom is 0.358 e. The molecule has 0 saturated heterocycles. The Bertz CT molecular complexity index is 503. The predicted octanol–water partition coefficient (Wildman–Crippen LogP) is 0.757. The Hall–Kier alpha value is -2.57. The molecule has 0 spiro atoms. The van der Waals surface area contributed by atoms with Gasteiger partial charge >= 0.3 is 12.0 Å². The Kier molecular flexibility index (Phi) is 2.68. The lowest BCUT2D eigenvalue weighted by Gasteiger charge is -2.04. The summed E-state index contributed by atoms with van der Waals surface area (Å²) in [5.41, 5.74) is -0.192. The van der Waals surface area contributed by atoms with Gasteiger partial charge in [0.2, 0.25) is 0 Å². The maximum atomic E-state index is 10.8. The van der Waals surface area contributed by atoms with Crippen LogP contribution in [0, 0.1) is 0 Å². The molecule has 0 amide bonds. The molecule has 0 bridgehead atoms. The number of carbonyl (C=O) groups is 1. The van der Waals surface area contributed by atoms with E-state index in [-0.39, 0.29) is 17.5 Å². The summed E-state index contributed by atoms with van der Waals surface area (Å²) in [5.74, 6) is -1.09. The number of aromatic nitrogens is 4. The molecule has 80 valence electrons. The van der Waals surface area contributed by atoms with Gasteiger partial charge in [-0.15, -0.1) is 0 Å². The lowest BCUT2D eigenvalue weighted by molar-refractivity contribution is 0.0687. The van der Waals surface area contributed by atoms with E-state index in [2.05, 4.69) is 19.9 Å². The van der Waals surface area contributed by atoms with E-state index in [1.54, 1.807) is 6.07 Å². The summed E-state index contributed by atoms with van der Waals surface area (Å²) in [7, 11) is 0. The summed E-state index contributed by atoms with van der Waals surface area (Å²) in [4.78, 5) is 25.5. The molecule has 2 aromatic heterocycles. The Labute approximate surface area is 89.8 Å². The lowest BCUT2D eigenvalue weighted by atomic mass is 10.3. The van der Waals surface area contributed by atoms with Crippen molar-refractivity contribution in [3.63, 3.8) is 0 Å². The zero-order chi connectivity index (χ0) is 11.4. The molecule has 0 radical (unpaired) electrons. The zero-order valence-corrected chi connectivity index (χ0v) is 7.94. The molecule has 0 aliphatic carbocycles. The number of pyridine rings is 1. The van der Waals surface area contributed by atoms with Crippen LogP contribution in [-0.2, 0) is 0 Å². The van der Waals surface area contributed by atoms with Crippen LogP contribution < -0.4 is 4.74 Å². The SMILES string of the molecule is O=C(O)c1ncccc1Oc1ncncn1. The second-order valence-corrected chi connectivity index (χ2v) is 2.68. The molecule has 16 heavy (non-hydrogen) atoms. The van der Waals surface area contributed by atoms with E-state index in [1.807, 2.05) is 0 Å². The van der Waals surface area contributed by atoms with E-state index in [1.165, 1.54) is 24.9 Å². The highest BCUT2D eigenvalue weighted by molar-refractivity contribution is 5.88. The Balaban J connectivity index is 2.31. The van der Waals surface area contributed by atoms with Crippen LogP contribution in [0.5, 0.6) is 11.8 Å². The van der Waals surface area contributed by atoms with Crippen molar-refractivity contribution in [2.75, 3.05) is 0 Å². The van der Waals surface area contributed by atoms with Crippen molar-refractivity contribution in [2.45, 2.75) is 0 Å². The largest absolute Gasteiger partial charge is 0.476 e. The number of rotatable bonds is 3. The van der Waals surface area contributed by atoms with Crippen LogP contribution in [-0.4, -0.2) is 31.0 Å². The van der Waals surface area contributed by atoms with Crippen LogP contribution in [0.1, 0.15) is 10.5 Å². The average Bonchev–Trinajstić information content (AvgIpc) is 2.31. The Morgan fingerprint density at radius 3 is 2.69 bits per heavy atom. The maximum absolute atomic E-state index is 10.8. The first-order valence-electron chi connectivity index (χ1n) is 4.25. The fraction of sp³-hybridized carbons (Fsp3) is 0. The normalized spacial score (nSPS) is 9.75. The third-order valence-corrected chi connectivity index (χ3v) is 1.64. The van der Waals surface area contributed by atoms with E-state index in [4.69, 9.17) is 9.84 Å². The fourth-order valence-electron chi connectivity index (χ4n) is 1.01. The third kappa shape index (κ3) is 2.08. The van der Waals surface area contributed by atoms with Gasteiger partial charge in [0.05, 0.1) is 0 Å². The molecule has 0 saturated carbocycles. The molecule has 0 fully saturated rings. The van der Waals surface area contributed by atoms with Crippen molar-refractivity contribution in [3.05, 3.63) is 36.7 Å². The van der Waals surface area contributed by atoms with Crippen molar-refractivity contribution in [1.82, 2.24) is 19.9 Å². The summed E-state index contributed by atoms with van der Waals surface area (Å²) in [6, 6.07) is 3.05. The average molecular weight is 218 g/mol. The second kappa shape index (κ2) is 4.30. The van der Waals surface area contributed by atoms with Gasteiger partial charge in [-0.25, -0.2) is 14.8 Å². The number of hydrogen-bond donors (Lipinski definition) is 1. The van der Waals surface area contributed by atoms with Crippen LogP contribution in [0.4, 0.5) is 0 Å². The third-order valence-electron chi connectivity index (χ3n) is 1.64. The molecular weight excluding hydrogens is 212 g/mol. The molecule has 2 aromatic rings. The molecule has 2 heterocycles. The standard InChI is InChI=1S/C9H6N4O3/c14-8(15)7-6(2-1-3-11-7)16-9-12-4-10-5-13-9/h1-5H,(H,14,15).